The van der Waals surface area contributed by atoms with Gasteiger partial charge in [-0.1, -0.05) is 42.5 Å². The molecule has 0 aliphatic carbocycles. The summed E-state index contributed by atoms with van der Waals surface area (Å²) in [6.45, 7) is 4.88. The zero-order chi connectivity index (χ0) is 14.8. The molecule has 0 radical (unpaired) electrons. The largest absolute Gasteiger partial charge is 0.498 e. The number of aromatic nitrogens is 1. The maximum Gasteiger partial charge on any atom is 0.265 e. The van der Waals surface area contributed by atoms with Crippen molar-refractivity contribution in [2.75, 3.05) is 6.61 Å². The number of thiazole rings is 1. The molecule has 3 heteroatoms. The lowest BCUT2D eigenvalue weighted by Crippen LogP contribution is -2.29. The van der Waals surface area contributed by atoms with Gasteiger partial charge in [-0.3, -0.25) is 0 Å². The predicted molar refractivity (Wildman–Crippen MR) is 90.4 cm³/mol. The van der Waals surface area contributed by atoms with Crippen LogP contribution < -0.4 is 4.57 Å². The van der Waals surface area contributed by atoms with Gasteiger partial charge in [0.1, 0.15) is 17.5 Å². The van der Waals surface area contributed by atoms with E-state index >= 15 is 0 Å². The van der Waals surface area contributed by atoms with Gasteiger partial charge < -0.3 is 4.74 Å². The average molecular weight is 298 g/mol. The Hall–Kier alpha value is -1.87. The Morgan fingerprint density at radius 2 is 2.00 bits per heavy atom. The topological polar surface area (TPSA) is 13.1 Å². The Morgan fingerprint density at radius 1 is 1.19 bits per heavy atom. The molecule has 0 atom stereocenters. The molecule has 0 saturated carbocycles. The Morgan fingerprint density at radius 3 is 2.76 bits per heavy atom. The maximum absolute atomic E-state index is 5.69. The summed E-state index contributed by atoms with van der Waals surface area (Å²) in [6.07, 6.45) is 3.09. The molecule has 0 bridgehead atoms. The third-order valence-corrected chi connectivity index (χ3v) is 4.86. The quantitative estimate of drug-likeness (QED) is 0.504. The first-order valence-corrected chi connectivity index (χ1v) is 8.20. The number of aryl methyl sites for hydroxylation is 1. The molecule has 2 nitrogen and oxygen atoms in total. The van der Waals surface area contributed by atoms with Crippen LogP contribution in [-0.4, -0.2) is 6.61 Å². The van der Waals surface area contributed by atoms with Gasteiger partial charge in [0.25, 0.3) is 5.01 Å². The minimum atomic E-state index is 0.719. The Kier molecular flexibility index (Phi) is 3.93. The molecule has 0 aliphatic heterocycles. The standard InChI is InChI=1S/C18H20NOS/c1-4-14(20-5-2)12-17-19(3)18-15-9-7-6-8-13(15)10-11-16(18)21-17/h6-12H,4-5H2,1-3H3/q+1/b14-12-. The van der Waals surface area contributed by atoms with Crippen LogP contribution in [0.1, 0.15) is 25.3 Å². The summed E-state index contributed by atoms with van der Waals surface area (Å²) in [5, 5.41) is 3.82. The second-order valence-corrected chi connectivity index (χ2v) is 6.09. The van der Waals surface area contributed by atoms with Crippen LogP contribution in [0, 0.1) is 0 Å². The average Bonchev–Trinajstić information content (AvgIpc) is 2.83. The van der Waals surface area contributed by atoms with Crippen LogP contribution >= 0.6 is 11.3 Å². The lowest BCUT2D eigenvalue weighted by molar-refractivity contribution is -0.641. The fourth-order valence-corrected chi connectivity index (χ4v) is 3.77. The number of hydrogen-bond donors (Lipinski definition) is 0. The van der Waals surface area contributed by atoms with E-state index in [2.05, 4.69) is 61.0 Å². The summed E-state index contributed by atoms with van der Waals surface area (Å²) in [5.74, 6) is 1.05. The molecule has 1 heterocycles. The molecule has 108 valence electrons. The molecule has 3 aromatic rings. The SMILES string of the molecule is CCO/C(=C\c1sc2ccc3ccccc3c2[n+]1C)CC. The smallest absolute Gasteiger partial charge is 0.265 e. The van der Waals surface area contributed by atoms with E-state index in [-0.39, 0.29) is 0 Å². The van der Waals surface area contributed by atoms with E-state index in [1.807, 2.05) is 18.3 Å². The van der Waals surface area contributed by atoms with Crippen LogP contribution in [0.25, 0.3) is 27.1 Å². The molecule has 0 amide bonds. The van der Waals surface area contributed by atoms with Crippen molar-refractivity contribution in [2.24, 2.45) is 7.05 Å². The molecule has 2 aromatic carbocycles. The van der Waals surface area contributed by atoms with Crippen molar-refractivity contribution in [1.82, 2.24) is 0 Å². The van der Waals surface area contributed by atoms with Crippen LogP contribution in [0.3, 0.4) is 0 Å². The molecule has 21 heavy (non-hydrogen) atoms. The van der Waals surface area contributed by atoms with E-state index in [9.17, 15) is 0 Å². The van der Waals surface area contributed by atoms with Gasteiger partial charge in [0, 0.05) is 6.42 Å². The maximum atomic E-state index is 5.69. The molecule has 0 unspecified atom stereocenters. The number of fused-ring (bicyclic) bond motifs is 3. The zero-order valence-corrected chi connectivity index (χ0v) is 13.5. The van der Waals surface area contributed by atoms with Crippen molar-refractivity contribution in [3.8, 4) is 0 Å². The molecule has 0 aliphatic rings. The summed E-state index contributed by atoms with van der Waals surface area (Å²) in [4.78, 5) is 0. The molecule has 0 spiro atoms. The van der Waals surface area contributed by atoms with Gasteiger partial charge >= 0.3 is 0 Å². The molecule has 0 saturated heterocycles. The Balaban J connectivity index is 2.22. The van der Waals surface area contributed by atoms with Gasteiger partial charge in [-0.05, 0) is 24.4 Å². The third kappa shape index (κ3) is 2.54. The fourth-order valence-electron chi connectivity index (χ4n) is 2.65. The van der Waals surface area contributed by atoms with Crippen LogP contribution in [0.4, 0.5) is 0 Å². The summed E-state index contributed by atoms with van der Waals surface area (Å²) >= 11 is 1.81. The van der Waals surface area contributed by atoms with E-state index in [4.69, 9.17) is 4.74 Å². The molecule has 1 aromatic heterocycles. The summed E-state index contributed by atoms with van der Waals surface area (Å²) in [5.41, 5.74) is 1.30. The fraction of sp³-hybridized carbons (Fsp3) is 0.278. The molecule has 0 fully saturated rings. The minimum absolute atomic E-state index is 0.719. The predicted octanol–water partition coefficient (Wildman–Crippen LogP) is 4.67. The number of nitrogens with zero attached hydrogens (tertiary/aromatic N) is 1. The summed E-state index contributed by atoms with van der Waals surface area (Å²) in [7, 11) is 2.14. The highest BCUT2D eigenvalue weighted by Crippen LogP contribution is 2.28. The van der Waals surface area contributed by atoms with Gasteiger partial charge in [-0.25, -0.2) is 0 Å². The highest BCUT2D eigenvalue weighted by molar-refractivity contribution is 7.19. The minimum Gasteiger partial charge on any atom is -0.498 e. The summed E-state index contributed by atoms with van der Waals surface area (Å²) < 4.78 is 9.28. The van der Waals surface area contributed by atoms with E-state index < -0.39 is 0 Å². The van der Waals surface area contributed by atoms with E-state index in [0.29, 0.717) is 0 Å². The van der Waals surface area contributed by atoms with Crippen molar-refractivity contribution in [3.63, 3.8) is 0 Å². The molecule has 0 N–H and O–H groups in total. The Bertz CT molecular complexity index is 817. The van der Waals surface area contributed by atoms with Crippen LogP contribution in [0.5, 0.6) is 0 Å². The van der Waals surface area contributed by atoms with E-state index in [0.717, 1.165) is 18.8 Å². The number of rotatable bonds is 4. The van der Waals surface area contributed by atoms with E-state index in [1.165, 1.54) is 26.0 Å². The first-order valence-electron chi connectivity index (χ1n) is 7.38. The second kappa shape index (κ2) is 5.86. The van der Waals surface area contributed by atoms with Gasteiger partial charge in [0.15, 0.2) is 0 Å². The van der Waals surface area contributed by atoms with Crippen molar-refractivity contribution >= 4 is 38.4 Å². The van der Waals surface area contributed by atoms with Crippen LogP contribution in [0.2, 0.25) is 0 Å². The molecular weight excluding hydrogens is 278 g/mol. The first-order chi connectivity index (χ1) is 10.2. The lowest BCUT2D eigenvalue weighted by Gasteiger charge is -2.03. The highest BCUT2D eigenvalue weighted by Gasteiger charge is 2.18. The number of hydrogen-bond acceptors (Lipinski definition) is 2. The second-order valence-electron chi connectivity index (χ2n) is 5.03. The number of benzene rings is 2. The van der Waals surface area contributed by atoms with Crippen LogP contribution in [-0.2, 0) is 11.8 Å². The Labute approximate surface area is 129 Å². The molecular formula is C18H20NOS+. The van der Waals surface area contributed by atoms with Gasteiger partial charge in [0.05, 0.1) is 18.1 Å². The molecule has 3 rings (SSSR count). The lowest BCUT2D eigenvalue weighted by atomic mass is 10.1. The van der Waals surface area contributed by atoms with Crippen molar-refractivity contribution in [3.05, 3.63) is 47.2 Å². The van der Waals surface area contributed by atoms with Gasteiger partial charge in [-0.15, -0.1) is 0 Å². The normalized spacial score (nSPS) is 12.2. The monoisotopic (exact) mass is 298 g/mol. The van der Waals surface area contributed by atoms with Crippen LogP contribution in [0.15, 0.2) is 42.2 Å². The first kappa shape index (κ1) is 14.1. The highest BCUT2D eigenvalue weighted by atomic mass is 32.1. The van der Waals surface area contributed by atoms with Gasteiger partial charge in [-0.2, -0.15) is 4.57 Å². The van der Waals surface area contributed by atoms with E-state index in [1.54, 1.807) is 0 Å². The van der Waals surface area contributed by atoms with Crippen molar-refractivity contribution in [2.45, 2.75) is 20.3 Å². The zero-order valence-electron chi connectivity index (χ0n) is 12.7. The number of ether oxygens (including phenoxy) is 1. The third-order valence-electron chi connectivity index (χ3n) is 3.71. The van der Waals surface area contributed by atoms with Crippen molar-refractivity contribution in [1.29, 1.82) is 0 Å². The van der Waals surface area contributed by atoms with Crippen molar-refractivity contribution < 1.29 is 9.30 Å². The summed E-state index contributed by atoms with van der Waals surface area (Å²) in [6, 6.07) is 13.0. The number of allylic oxidation sites excluding steroid dienone is 1. The van der Waals surface area contributed by atoms with Gasteiger partial charge in [0.2, 0.25) is 5.52 Å².